The van der Waals surface area contributed by atoms with E-state index in [0.717, 1.165) is 45.7 Å². The molecule has 0 aromatic rings. The molecule has 2 fully saturated rings. The number of carbonyl (C=O) groups is 2. The van der Waals surface area contributed by atoms with Gasteiger partial charge in [0.2, 0.25) is 11.8 Å². The fourth-order valence-electron chi connectivity index (χ4n) is 2.59. The first-order valence-electron chi connectivity index (χ1n) is 6.67. The maximum absolute atomic E-state index is 12.0. The van der Waals surface area contributed by atoms with Crippen molar-refractivity contribution in [2.24, 2.45) is 11.7 Å². The molecule has 0 bridgehead atoms. The molecule has 0 saturated carbocycles. The number of carbonyl (C=O) groups excluding carboxylic acids is 2. The fourth-order valence-corrected chi connectivity index (χ4v) is 2.59. The number of hydrogen-bond donors (Lipinski definition) is 2. The van der Waals surface area contributed by atoms with Crippen LogP contribution in [0.5, 0.6) is 0 Å². The van der Waals surface area contributed by atoms with Crippen LogP contribution in [-0.2, 0) is 9.59 Å². The number of nitrogens with two attached hydrogens (primary N) is 1. The number of amides is 2. The Balaban J connectivity index is 1.68. The quantitative estimate of drug-likeness (QED) is 0.648. The van der Waals surface area contributed by atoms with Crippen LogP contribution in [0.3, 0.4) is 0 Å². The third kappa shape index (κ3) is 3.43. The van der Waals surface area contributed by atoms with E-state index in [1.807, 2.05) is 4.90 Å². The van der Waals surface area contributed by atoms with Gasteiger partial charge in [-0.3, -0.25) is 9.59 Å². The van der Waals surface area contributed by atoms with Gasteiger partial charge >= 0.3 is 0 Å². The summed E-state index contributed by atoms with van der Waals surface area (Å²) in [6, 6.07) is 0. The lowest BCUT2D eigenvalue weighted by molar-refractivity contribution is -0.132. The van der Waals surface area contributed by atoms with Gasteiger partial charge in [0.1, 0.15) is 0 Å². The summed E-state index contributed by atoms with van der Waals surface area (Å²) in [5.74, 6) is -0.0238. The Kier molecular flexibility index (Phi) is 4.54. The molecule has 0 aliphatic carbocycles. The van der Waals surface area contributed by atoms with Crippen LogP contribution in [0.4, 0.5) is 0 Å². The zero-order valence-corrected chi connectivity index (χ0v) is 10.7. The zero-order chi connectivity index (χ0) is 13.0. The van der Waals surface area contributed by atoms with E-state index in [9.17, 15) is 9.59 Å². The number of primary amides is 1. The van der Waals surface area contributed by atoms with Crippen LogP contribution in [-0.4, -0.2) is 67.4 Å². The Hall–Kier alpha value is -1.14. The summed E-state index contributed by atoms with van der Waals surface area (Å²) in [4.78, 5) is 27.1. The van der Waals surface area contributed by atoms with Gasteiger partial charge in [0, 0.05) is 45.7 Å². The molecule has 18 heavy (non-hydrogen) atoms. The number of piperazine rings is 1. The van der Waals surface area contributed by atoms with Crippen molar-refractivity contribution in [3.8, 4) is 0 Å². The first kappa shape index (κ1) is 13.3. The highest BCUT2D eigenvalue weighted by Gasteiger charge is 2.27. The average molecular weight is 254 g/mol. The minimum absolute atomic E-state index is 0.0284. The smallest absolute Gasteiger partial charge is 0.223 e. The summed E-state index contributed by atoms with van der Waals surface area (Å²) in [6.45, 7) is 5.73. The number of likely N-dealkylation sites (tertiary alicyclic amines) is 1. The predicted molar refractivity (Wildman–Crippen MR) is 67.8 cm³/mol. The maximum atomic E-state index is 12.0. The minimum Gasteiger partial charge on any atom is -0.369 e. The molecule has 2 saturated heterocycles. The number of rotatable bonds is 4. The zero-order valence-electron chi connectivity index (χ0n) is 10.7. The van der Waals surface area contributed by atoms with Crippen molar-refractivity contribution in [3.05, 3.63) is 0 Å². The fraction of sp³-hybridized carbons (Fsp3) is 0.833. The third-order valence-electron chi connectivity index (χ3n) is 3.79. The summed E-state index contributed by atoms with van der Waals surface area (Å²) in [5.41, 5.74) is 5.29. The SMILES string of the molecule is NC(=O)C1CCN(CCC(=O)N2CCNCC2)C1. The van der Waals surface area contributed by atoms with Crippen molar-refractivity contribution >= 4 is 11.8 Å². The van der Waals surface area contributed by atoms with Crippen molar-refractivity contribution in [2.45, 2.75) is 12.8 Å². The van der Waals surface area contributed by atoms with Crippen molar-refractivity contribution in [3.63, 3.8) is 0 Å². The number of hydrogen-bond acceptors (Lipinski definition) is 4. The molecule has 0 radical (unpaired) electrons. The van der Waals surface area contributed by atoms with E-state index >= 15 is 0 Å². The van der Waals surface area contributed by atoms with Crippen LogP contribution >= 0.6 is 0 Å². The molecule has 6 heteroatoms. The Morgan fingerprint density at radius 2 is 1.94 bits per heavy atom. The molecule has 102 valence electrons. The molecular weight excluding hydrogens is 232 g/mol. The molecule has 6 nitrogen and oxygen atoms in total. The van der Waals surface area contributed by atoms with Crippen molar-refractivity contribution in [1.82, 2.24) is 15.1 Å². The highest BCUT2D eigenvalue weighted by molar-refractivity contribution is 5.77. The first-order chi connectivity index (χ1) is 8.66. The standard InChI is InChI=1S/C12H22N4O2/c13-12(18)10-1-5-15(9-10)6-2-11(17)16-7-3-14-4-8-16/h10,14H,1-9H2,(H2,13,18). The molecule has 2 aliphatic rings. The molecule has 1 unspecified atom stereocenters. The van der Waals surface area contributed by atoms with Gasteiger partial charge in [0.25, 0.3) is 0 Å². The molecule has 2 heterocycles. The van der Waals surface area contributed by atoms with Gasteiger partial charge in [-0.1, -0.05) is 0 Å². The maximum Gasteiger partial charge on any atom is 0.223 e. The third-order valence-corrected chi connectivity index (χ3v) is 3.79. The second-order valence-corrected chi connectivity index (χ2v) is 5.07. The Bertz CT molecular complexity index is 315. The van der Waals surface area contributed by atoms with Crippen LogP contribution < -0.4 is 11.1 Å². The van der Waals surface area contributed by atoms with Crippen molar-refractivity contribution < 1.29 is 9.59 Å². The monoisotopic (exact) mass is 254 g/mol. The molecule has 2 amide bonds. The van der Waals surface area contributed by atoms with Crippen LogP contribution in [0.1, 0.15) is 12.8 Å². The van der Waals surface area contributed by atoms with Gasteiger partial charge in [0.15, 0.2) is 0 Å². The number of nitrogens with zero attached hydrogens (tertiary/aromatic N) is 2. The van der Waals surface area contributed by atoms with Crippen molar-refractivity contribution in [2.75, 3.05) is 45.8 Å². The molecule has 2 rings (SSSR count). The highest BCUT2D eigenvalue weighted by Crippen LogP contribution is 2.15. The summed E-state index contributed by atoms with van der Waals surface area (Å²) < 4.78 is 0. The summed E-state index contributed by atoms with van der Waals surface area (Å²) >= 11 is 0. The molecular formula is C12H22N4O2. The summed E-state index contributed by atoms with van der Waals surface area (Å²) in [6.07, 6.45) is 1.38. The van der Waals surface area contributed by atoms with Crippen LogP contribution in [0.15, 0.2) is 0 Å². The molecule has 3 N–H and O–H groups in total. The van der Waals surface area contributed by atoms with Crippen LogP contribution in [0.25, 0.3) is 0 Å². The van der Waals surface area contributed by atoms with Gasteiger partial charge in [-0.05, 0) is 13.0 Å². The van der Waals surface area contributed by atoms with E-state index in [1.54, 1.807) is 0 Å². The van der Waals surface area contributed by atoms with E-state index < -0.39 is 0 Å². The van der Waals surface area contributed by atoms with Gasteiger partial charge in [-0.25, -0.2) is 0 Å². The van der Waals surface area contributed by atoms with Gasteiger partial charge in [-0.2, -0.15) is 0 Å². The lowest BCUT2D eigenvalue weighted by Crippen LogP contribution is -2.47. The normalized spacial score (nSPS) is 25.3. The van der Waals surface area contributed by atoms with E-state index in [2.05, 4.69) is 10.2 Å². The molecule has 0 aromatic carbocycles. The summed E-state index contributed by atoms with van der Waals surface area (Å²) in [5, 5.41) is 3.23. The topological polar surface area (TPSA) is 78.7 Å². The van der Waals surface area contributed by atoms with Crippen LogP contribution in [0.2, 0.25) is 0 Å². The van der Waals surface area contributed by atoms with Gasteiger partial charge < -0.3 is 20.9 Å². The van der Waals surface area contributed by atoms with Crippen LogP contribution in [0, 0.1) is 5.92 Å². The predicted octanol–water partition coefficient (Wildman–Crippen LogP) is -1.38. The largest absolute Gasteiger partial charge is 0.369 e. The lowest BCUT2D eigenvalue weighted by Gasteiger charge is -2.28. The molecule has 1 atom stereocenters. The highest BCUT2D eigenvalue weighted by atomic mass is 16.2. The number of nitrogens with one attached hydrogen (secondary N) is 1. The summed E-state index contributed by atoms with van der Waals surface area (Å²) in [7, 11) is 0. The van der Waals surface area contributed by atoms with E-state index in [-0.39, 0.29) is 17.7 Å². The average Bonchev–Trinajstić information content (AvgIpc) is 2.86. The van der Waals surface area contributed by atoms with Crippen molar-refractivity contribution in [1.29, 1.82) is 0 Å². The van der Waals surface area contributed by atoms with E-state index in [1.165, 1.54) is 0 Å². The van der Waals surface area contributed by atoms with Gasteiger partial charge in [0.05, 0.1) is 5.92 Å². The first-order valence-corrected chi connectivity index (χ1v) is 6.67. The Morgan fingerprint density at radius 3 is 2.56 bits per heavy atom. The molecule has 0 aromatic heterocycles. The molecule has 2 aliphatic heterocycles. The Morgan fingerprint density at radius 1 is 1.22 bits per heavy atom. The van der Waals surface area contributed by atoms with Gasteiger partial charge in [-0.15, -0.1) is 0 Å². The second-order valence-electron chi connectivity index (χ2n) is 5.07. The van der Waals surface area contributed by atoms with E-state index in [0.29, 0.717) is 13.0 Å². The minimum atomic E-state index is -0.217. The Labute approximate surface area is 107 Å². The molecule has 0 spiro atoms. The second kappa shape index (κ2) is 6.15. The lowest BCUT2D eigenvalue weighted by atomic mass is 10.1. The van der Waals surface area contributed by atoms with E-state index in [4.69, 9.17) is 5.73 Å².